The standard InChI is InChI=1S/C18H18N2O4S/c1-23-13-6-3-12(4-7-13)5-10-17(22)20-18(25)19-15-11-14(24-2)8-9-16(15)21/h3-11,21H,1-2H3,(H2,19,20,22,25)/b10-5+. The SMILES string of the molecule is COc1ccc(/C=C/C(=O)NC(=S)Nc2cc(OC)ccc2O)cc1. The molecular weight excluding hydrogens is 340 g/mol. The van der Waals surface area contributed by atoms with Crippen LogP contribution in [-0.4, -0.2) is 30.3 Å². The minimum Gasteiger partial charge on any atom is -0.506 e. The number of thiocarbonyl (C=S) groups is 1. The summed E-state index contributed by atoms with van der Waals surface area (Å²) in [7, 11) is 3.10. The van der Waals surface area contributed by atoms with Crippen molar-refractivity contribution in [3.63, 3.8) is 0 Å². The van der Waals surface area contributed by atoms with Crippen molar-refractivity contribution in [1.82, 2.24) is 5.32 Å². The minimum absolute atomic E-state index is 0.00817. The van der Waals surface area contributed by atoms with Gasteiger partial charge in [0.05, 0.1) is 19.9 Å². The number of benzene rings is 2. The highest BCUT2D eigenvalue weighted by Gasteiger charge is 2.07. The monoisotopic (exact) mass is 358 g/mol. The average Bonchev–Trinajstić information content (AvgIpc) is 2.62. The Labute approximate surface area is 151 Å². The number of rotatable bonds is 5. The quantitative estimate of drug-likeness (QED) is 0.433. The molecule has 0 aromatic heterocycles. The topological polar surface area (TPSA) is 79.8 Å². The van der Waals surface area contributed by atoms with Gasteiger partial charge < -0.3 is 19.9 Å². The molecule has 2 aromatic carbocycles. The van der Waals surface area contributed by atoms with Crippen LogP contribution in [0, 0.1) is 0 Å². The molecule has 0 saturated heterocycles. The lowest BCUT2D eigenvalue weighted by atomic mass is 10.2. The highest BCUT2D eigenvalue weighted by atomic mass is 32.1. The van der Waals surface area contributed by atoms with Gasteiger partial charge in [0.25, 0.3) is 0 Å². The zero-order valence-electron chi connectivity index (χ0n) is 13.8. The summed E-state index contributed by atoms with van der Waals surface area (Å²) in [6.07, 6.45) is 3.02. The van der Waals surface area contributed by atoms with Crippen molar-refractivity contribution in [3.05, 3.63) is 54.1 Å². The van der Waals surface area contributed by atoms with Crippen molar-refractivity contribution in [3.8, 4) is 17.2 Å². The molecule has 0 spiro atoms. The number of methoxy groups -OCH3 is 2. The van der Waals surface area contributed by atoms with Crippen LogP contribution in [0.5, 0.6) is 17.2 Å². The van der Waals surface area contributed by atoms with Crippen molar-refractivity contribution < 1.29 is 19.4 Å². The lowest BCUT2D eigenvalue weighted by molar-refractivity contribution is -0.115. The summed E-state index contributed by atoms with van der Waals surface area (Å²) in [5.41, 5.74) is 1.18. The molecule has 25 heavy (non-hydrogen) atoms. The molecule has 0 unspecified atom stereocenters. The van der Waals surface area contributed by atoms with E-state index in [4.69, 9.17) is 21.7 Å². The molecule has 0 fully saturated rings. The van der Waals surface area contributed by atoms with E-state index in [-0.39, 0.29) is 10.9 Å². The van der Waals surface area contributed by atoms with E-state index in [0.29, 0.717) is 11.4 Å². The second-order valence-corrected chi connectivity index (χ2v) is 5.34. The molecule has 3 N–H and O–H groups in total. The molecule has 0 bridgehead atoms. The van der Waals surface area contributed by atoms with Crippen molar-refractivity contribution in [2.24, 2.45) is 0 Å². The Bertz CT molecular complexity index is 788. The molecule has 0 aliphatic rings. The zero-order valence-corrected chi connectivity index (χ0v) is 14.6. The highest BCUT2D eigenvalue weighted by molar-refractivity contribution is 7.80. The van der Waals surface area contributed by atoms with Crippen molar-refractivity contribution in [1.29, 1.82) is 0 Å². The van der Waals surface area contributed by atoms with Crippen LogP contribution in [-0.2, 0) is 4.79 Å². The number of ether oxygens (including phenoxy) is 2. The molecule has 1 amide bonds. The van der Waals surface area contributed by atoms with Crippen molar-refractivity contribution >= 4 is 35.0 Å². The first-order chi connectivity index (χ1) is 12.0. The van der Waals surface area contributed by atoms with Gasteiger partial charge in [-0.05, 0) is 48.1 Å². The number of anilines is 1. The van der Waals surface area contributed by atoms with E-state index in [9.17, 15) is 9.90 Å². The van der Waals surface area contributed by atoms with E-state index in [1.54, 1.807) is 37.5 Å². The maximum atomic E-state index is 11.9. The van der Waals surface area contributed by atoms with Gasteiger partial charge in [-0.1, -0.05) is 12.1 Å². The minimum atomic E-state index is -0.393. The molecular formula is C18H18N2O4S. The molecule has 0 atom stereocenters. The second-order valence-electron chi connectivity index (χ2n) is 4.93. The first kappa shape index (κ1) is 18.3. The van der Waals surface area contributed by atoms with E-state index in [0.717, 1.165) is 11.3 Å². The molecule has 6 nitrogen and oxygen atoms in total. The zero-order chi connectivity index (χ0) is 18.2. The number of hydrogen-bond donors (Lipinski definition) is 3. The summed E-state index contributed by atoms with van der Waals surface area (Å²) < 4.78 is 10.1. The van der Waals surface area contributed by atoms with Gasteiger partial charge in [-0.2, -0.15) is 0 Å². The van der Waals surface area contributed by atoms with Gasteiger partial charge in [-0.25, -0.2) is 0 Å². The molecule has 0 aliphatic carbocycles. The average molecular weight is 358 g/mol. The summed E-state index contributed by atoms with van der Waals surface area (Å²) >= 11 is 5.07. The summed E-state index contributed by atoms with van der Waals surface area (Å²) in [5, 5.41) is 15.1. The lowest BCUT2D eigenvalue weighted by Crippen LogP contribution is -2.32. The molecule has 0 radical (unpaired) electrons. The fraction of sp³-hybridized carbons (Fsp3) is 0.111. The Kier molecular flexibility index (Phi) is 6.36. The van der Waals surface area contributed by atoms with Crippen LogP contribution < -0.4 is 20.1 Å². The van der Waals surface area contributed by atoms with E-state index in [1.807, 2.05) is 12.1 Å². The van der Waals surface area contributed by atoms with Gasteiger partial charge in [-0.3, -0.25) is 10.1 Å². The van der Waals surface area contributed by atoms with Gasteiger partial charge in [0.2, 0.25) is 5.91 Å². The third kappa shape index (κ3) is 5.50. The normalized spacial score (nSPS) is 10.3. The number of phenols is 1. The Balaban J connectivity index is 1.93. The van der Waals surface area contributed by atoms with Crippen LogP contribution in [0.25, 0.3) is 6.08 Å². The predicted molar refractivity (Wildman–Crippen MR) is 101 cm³/mol. The molecule has 2 aromatic rings. The maximum absolute atomic E-state index is 11.9. The molecule has 130 valence electrons. The Hall–Kier alpha value is -3.06. The molecule has 0 aliphatic heterocycles. The number of phenolic OH excluding ortho intramolecular Hbond substituents is 1. The number of hydrogen-bond acceptors (Lipinski definition) is 5. The van der Waals surface area contributed by atoms with Gasteiger partial charge >= 0.3 is 0 Å². The third-order valence-electron chi connectivity index (χ3n) is 3.23. The van der Waals surface area contributed by atoms with Crippen molar-refractivity contribution in [2.75, 3.05) is 19.5 Å². The van der Waals surface area contributed by atoms with Gasteiger partial charge in [-0.15, -0.1) is 0 Å². The number of nitrogens with one attached hydrogen (secondary N) is 2. The number of amides is 1. The first-order valence-corrected chi connectivity index (χ1v) is 7.73. The van der Waals surface area contributed by atoms with Crippen LogP contribution in [0.3, 0.4) is 0 Å². The molecule has 2 rings (SSSR count). The lowest BCUT2D eigenvalue weighted by Gasteiger charge is -2.11. The van der Waals surface area contributed by atoms with Crippen LogP contribution in [0.1, 0.15) is 5.56 Å². The third-order valence-corrected chi connectivity index (χ3v) is 3.44. The molecule has 7 heteroatoms. The summed E-state index contributed by atoms with van der Waals surface area (Å²) in [6.45, 7) is 0. The van der Waals surface area contributed by atoms with E-state index < -0.39 is 5.91 Å². The summed E-state index contributed by atoms with van der Waals surface area (Å²) in [6, 6.07) is 11.9. The number of carbonyl (C=O) groups is 1. The van der Waals surface area contributed by atoms with Crippen LogP contribution in [0.15, 0.2) is 48.5 Å². The number of aromatic hydroxyl groups is 1. The fourth-order valence-electron chi connectivity index (χ4n) is 1.94. The summed E-state index contributed by atoms with van der Waals surface area (Å²) in [5.74, 6) is 0.890. The van der Waals surface area contributed by atoms with E-state index >= 15 is 0 Å². The second kappa shape index (κ2) is 8.70. The first-order valence-electron chi connectivity index (χ1n) is 7.33. The predicted octanol–water partition coefficient (Wildman–Crippen LogP) is 2.94. The Morgan fingerprint density at radius 2 is 1.72 bits per heavy atom. The van der Waals surface area contributed by atoms with E-state index in [1.165, 1.54) is 19.3 Å². The van der Waals surface area contributed by atoms with Crippen molar-refractivity contribution in [2.45, 2.75) is 0 Å². The number of carbonyl (C=O) groups excluding carboxylic acids is 1. The molecule has 0 heterocycles. The van der Waals surface area contributed by atoms with Gasteiger partial charge in [0.1, 0.15) is 17.2 Å². The fourth-order valence-corrected chi connectivity index (χ4v) is 2.15. The highest BCUT2D eigenvalue weighted by Crippen LogP contribution is 2.27. The Morgan fingerprint density at radius 1 is 1.08 bits per heavy atom. The van der Waals surface area contributed by atoms with E-state index in [2.05, 4.69) is 10.6 Å². The molecule has 0 saturated carbocycles. The Morgan fingerprint density at radius 3 is 2.36 bits per heavy atom. The van der Waals surface area contributed by atoms with Crippen LogP contribution in [0.4, 0.5) is 5.69 Å². The maximum Gasteiger partial charge on any atom is 0.250 e. The van der Waals surface area contributed by atoms with Crippen LogP contribution in [0.2, 0.25) is 0 Å². The van der Waals surface area contributed by atoms with Gasteiger partial charge in [0.15, 0.2) is 5.11 Å². The van der Waals surface area contributed by atoms with Crippen LogP contribution >= 0.6 is 12.2 Å². The van der Waals surface area contributed by atoms with Gasteiger partial charge in [0, 0.05) is 12.1 Å². The summed E-state index contributed by atoms with van der Waals surface area (Å²) in [4.78, 5) is 11.9. The largest absolute Gasteiger partial charge is 0.506 e. The smallest absolute Gasteiger partial charge is 0.250 e.